The van der Waals surface area contributed by atoms with Crippen molar-refractivity contribution in [3.05, 3.63) is 51.4 Å². The first-order valence-electron chi connectivity index (χ1n) is 5.63. The van der Waals surface area contributed by atoms with E-state index < -0.39 is 17.6 Å². The molecule has 1 N–H and O–H groups in total. The summed E-state index contributed by atoms with van der Waals surface area (Å²) >= 11 is 11.5. The van der Waals surface area contributed by atoms with Gasteiger partial charge in [-0.05, 0) is 18.2 Å². The van der Waals surface area contributed by atoms with Gasteiger partial charge in [-0.2, -0.15) is 13.2 Å². The Morgan fingerprint density at radius 1 is 1.14 bits per heavy atom. The summed E-state index contributed by atoms with van der Waals surface area (Å²) < 4.78 is 51.6. The lowest BCUT2D eigenvalue weighted by Gasteiger charge is -2.11. The molecule has 3 nitrogen and oxygen atoms in total. The Hall–Kier alpha value is -1.86. The third kappa shape index (κ3) is 3.31. The fourth-order valence-electron chi connectivity index (χ4n) is 1.70. The van der Waals surface area contributed by atoms with Gasteiger partial charge in [0.05, 0.1) is 27.5 Å². The number of halogens is 6. The minimum Gasteiger partial charge on any atom is -0.411 e. The molecule has 0 saturated heterocycles. The lowest BCUT2D eigenvalue weighted by atomic mass is 10.1. The van der Waals surface area contributed by atoms with Gasteiger partial charge in [0, 0.05) is 17.3 Å². The quantitative estimate of drug-likeness (QED) is 0.357. The van der Waals surface area contributed by atoms with Crippen molar-refractivity contribution in [3.63, 3.8) is 0 Å². The van der Waals surface area contributed by atoms with E-state index in [-0.39, 0.29) is 26.9 Å². The number of pyridine rings is 1. The number of alkyl halides is 3. The number of nitrogens with zero attached hydrogens (tertiary/aromatic N) is 2. The van der Waals surface area contributed by atoms with Crippen molar-refractivity contribution < 1.29 is 22.8 Å². The van der Waals surface area contributed by atoms with Crippen LogP contribution in [0.2, 0.25) is 10.0 Å². The van der Waals surface area contributed by atoms with Gasteiger partial charge in [0.1, 0.15) is 5.82 Å². The third-order valence-electron chi connectivity index (χ3n) is 2.71. The van der Waals surface area contributed by atoms with Crippen molar-refractivity contribution in [2.45, 2.75) is 6.18 Å². The SMILES string of the molecule is O/N=C/c1cc(-c2ncc(C(F)(F)F)cc2Cl)c(F)cc1Cl. The van der Waals surface area contributed by atoms with Gasteiger partial charge in [0.2, 0.25) is 0 Å². The molecule has 0 unspecified atom stereocenters. The van der Waals surface area contributed by atoms with E-state index in [0.717, 1.165) is 12.3 Å². The lowest BCUT2D eigenvalue weighted by molar-refractivity contribution is -0.137. The summed E-state index contributed by atoms with van der Waals surface area (Å²) in [7, 11) is 0. The van der Waals surface area contributed by atoms with E-state index in [1.54, 1.807) is 0 Å². The summed E-state index contributed by atoms with van der Waals surface area (Å²) in [6.45, 7) is 0. The van der Waals surface area contributed by atoms with E-state index >= 15 is 0 Å². The van der Waals surface area contributed by atoms with E-state index in [9.17, 15) is 17.6 Å². The average Bonchev–Trinajstić information content (AvgIpc) is 2.41. The number of rotatable bonds is 2. The molecule has 0 fully saturated rings. The van der Waals surface area contributed by atoms with Crippen molar-refractivity contribution in [1.82, 2.24) is 4.98 Å². The molecule has 0 spiro atoms. The number of benzene rings is 1. The summed E-state index contributed by atoms with van der Waals surface area (Å²) in [6, 6.07) is 2.74. The van der Waals surface area contributed by atoms with Gasteiger partial charge in [0.15, 0.2) is 0 Å². The van der Waals surface area contributed by atoms with E-state index in [2.05, 4.69) is 10.1 Å². The van der Waals surface area contributed by atoms with E-state index in [1.165, 1.54) is 6.07 Å². The summed E-state index contributed by atoms with van der Waals surface area (Å²) in [5.41, 5.74) is -1.25. The first-order chi connectivity index (χ1) is 10.2. The van der Waals surface area contributed by atoms with Crippen LogP contribution in [0.25, 0.3) is 11.3 Å². The maximum absolute atomic E-state index is 14.0. The molecule has 1 aromatic carbocycles. The Morgan fingerprint density at radius 3 is 2.36 bits per heavy atom. The minimum absolute atomic E-state index is 0.0397. The number of aromatic nitrogens is 1. The molecule has 0 saturated carbocycles. The molecule has 0 atom stereocenters. The second kappa shape index (κ2) is 6.10. The average molecular weight is 353 g/mol. The summed E-state index contributed by atoms with van der Waals surface area (Å²) in [6.07, 6.45) is -3.11. The summed E-state index contributed by atoms with van der Waals surface area (Å²) in [4.78, 5) is 3.56. The summed E-state index contributed by atoms with van der Waals surface area (Å²) in [5, 5.41) is 10.9. The van der Waals surface area contributed by atoms with Gasteiger partial charge in [-0.25, -0.2) is 4.39 Å². The Kier molecular flexibility index (Phi) is 4.58. The standard InChI is InChI=1S/C13H6Cl2F4N2O/c14-9-3-11(16)8(1-6(9)4-21-22)12-10(15)2-7(5-20-12)13(17,18)19/h1-5,22H/b21-4+. The number of hydrogen-bond acceptors (Lipinski definition) is 3. The van der Waals surface area contributed by atoms with Crippen molar-refractivity contribution >= 4 is 29.4 Å². The molecular weight excluding hydrogens is 347 g/mol. The van der Waals surface area contributed by atoms with Crippen LogP contribution in [0.4, 0.5) is 17.6 Å². The van der Waals surface area contributed by atoms with Crippen LogP contribution in [0.1, 0.15) is 11.1 Å². The van der Waals surface area contributed by atoms with E-state index in [4.69, 9.17) is 28.4 Å². The smallest absolute Gasteiger partial charge is 0.411 e. The Bertz CT molecular complexity index is 748. The second-order valence-corrected chi connectivity index (χ2v) is 4.96. The van der Waals surface area contributed by atoms with Crippen molar-refractivity contribution in [3.8, 4) is 11.3 Å². The predicted octanol–water partition coefficient (Wildman–Crippen LogP) is 5.02. The minimum atomic E-state index is -4.61. The second-order valence-electron chi connectivity index (χ2n) is 4.15. The van der Waals surface area contributed by atoms with Crippen LogP contribution in [0.3, 0.4) is 0 Å². The molecule has 2 aromatic rings. The Labute approximate surface area is 131 Å². The lowest BCUT2D eigenvalue weighted by Crippen LogP contribution is -2.06. The monoisotopic (exact) mass is 352 g/mol. The van der Waals surface area contributed by atoms with E-state index in [0.29, 0.717) is 12.3 Å². The molecular formula is C13H6Cl2F4N2O. The fourth-order valence-corrected chi connectivity index (χ4v) is 2.17. The highest BCUT2D eigenvalue weighted by Crippen LogP contribution is 2.35. The molecule has 0 aliphatic rings. The molecule has 1 heterocycles. The van der Waals surface area contributed by atoms with Gasteiger partial charge in [-0.1, -0.05) is 28.4 Å². The van der Waals surface area contributed by atoms with Gasteiger partial charge in [-0.3, -0.25) is 4.98 Å². The van der Waals surface area contributed by atoms with Crippen molar-refractivity contribution in [2.75, 3.05) is 0 Å². The third-order valence-corrected chi connectivity index (χ3v) is 3.32. The molecule has 0 aliphatic carbocycles. The van der Waals surface area contributed by atoms with Crippen LogP contribution in [-0.2, 0) is 6.18 Å². The Balaban J connectivity index is 2.59. The van der Waals surface area contributed by atoms with Crippen LogP contribution in [0, 0.1) is 5.82 Å². The first-order valence-corrected chi connectivity index (χ1v) is 6.39. The highest BCUT2D eigenvalue weighted by Gasteiger charge is 2.31. The normalized spacial score (nSPS) is 12.1. The van der Waals surface area contributed by atoms with Gasteiger partial charge in [-0.15, -0.1) is 0 Å². The number of oxime groups is 1. The van der Waals surface area contributed by atoms with Gasteiger partial charge < -0.3 is 5.21 Å². The molecule has 1 aromatic heterocycles. The first kappa shape index (κ1) is 16.5. The maximum atomic E-state index is 14.0. The van der Waals surface area contributed by atoms with Gasteiger partial charge in [0.25, 0.3) is 0 Å². The number of hydrogen-bond donors (Lipinski definition) is 1. The molecule has 0 amide bonds. The molecule has 22 heavy (non-hydrogen) atoms. The highest BCUT2D eigenvalue weighted by molar-refractivity contribution is 6.34. The zero-order valence-corrected chi connectivity index (χ0v) is 12.0. The van der Waals surface area contributed by atoms with Crippen LogP contribution in [0.5, 0.6) is 0 Å². The summed E-state index contributed by atoms with van der Waals surface area (Å²) in [5.74, 6) is -0.825. The van der Waals surface area contributed by atoms with E-state index in [1.807, 2.05) is 0 Å². The van der Waals surface area contributed by atoms with Crippen LogP contribution in [-0.4, -0.2) is 16.4 Å². The molecule has 116 valence electrons. The van der Waals surface area contributed by atoms with Crippen LogP contribution < -0.4 is 0 Å². The molecule has 2 rings (SSSR count). The van der Waals surface area contributed by atoms with Crippen molar-refractivity contribution in [1.29, 1.82) is 0 Å². The molecule has 0 aliphatic heterocycles. The molecule has 0 bridgehead atoms. The fraction of sp³-hybridized carbons (Fsp3) is 0.0769. The van der Waals surface area contributed by atoms with Gasteiger partial charge >= 0.3 is 6.18 Å². The topological polar surface area (TPSA) is 45.5 Å². The van der Waals surface area contributed by atoms with Crippen molar-refractivity contribution in [2.24, 2.45) is 5.16 Å². The van der Waals surface area contributed by atoms with Crippen LogP contribution >= 0.6 is 23.2 Å². The molecule has 9 heteroatoms. The molecule has 0 radical (unpaired) electrons. The predicted molar refractivity (Wildman–Crippen MR) is 74.0 cm³/mol. The van der Waals surface area contributed by atoms with Crippen LogP contribution in [0.15, 0.2) is 29.6 Å². The largest absolute Gasteiger partial charge is 0.417 e. The zero-order valence-electron chi connectivity index (χ0n) is 10.5. The zero-order chi connectivity index (χ0) is 16.5. The highest BCUT2D eigenvalue weighted by atomic mass is 35.5. The maximum Gasteiger partial charge on any atom is 0.417 e. The Morgan fingerprint density at radius 2 is 1.82 bits per heavy atom.